The molecule has 0 radical (unpaired) electrons. The summed E-state index contributed by atoms with van der Waals surface area (Å²) in [6, 6.07) is 0.0961. The molecule has 1 N–H and O–H groups in total. The maximum atomic E-state index is 11.8. The van der Waals surface area contributed by atoms with Gasteiger partial charge in [-0.25, -0.2) is 13.1 Å². The third-order valence-corrected chi connectivity index (χ3v) is 5.18. The van der Waals surface area contributed by atoms with E-state index in [-0.39, 0.29) is 16.7 Å². The third kappa shape index (κ3) is 5.47. The number of nitrogens with zero attached hydrogens (tertiary/aromatic N) is 1. The van der Waals surface area contributed by atoms with Crippen LogP contribution in [0.5, 0.6) is 0 Å². The van der Waals surface area contributed by atoms with Crippen LogP contribution in [0.3, 0.4) is 0 Å². The zero-order chi connectivity index (χ0) is 13.8. The van der Waals surface area contributed by atoms with Gasteiger partial charge < -0.3 is 0 Å². The van der Waals surface area contributed by atoms with E-state index in [1.54, 1.807) is 0 Å². The second kappa shape index (κ2) is 6.59. The average Bonchev–Trinajstić information content (AvgIpc) is 2.25. The number of piperidine rings is 1. The topological polar surface area (TPSA) is 49.4 Å². The Labute approximate surface area is 117 Å². The van der Waals surface area contributed by atoms with Gasteiger partial charge in [0.05, 0.1) is 10.6 Å². The molecule has 1 heterocycles. The van der Waals surface area contributed by atoms with E-state index >= 15 is 0 Å². The summed E-state index contributed by atoms with van der Waals surface area (Å²) in [7, 11) is -3.08. The minimum absolute atomic E-state index is 0.0961. The average molecular weight is 294 g/mol. The summed E-state index contributed by atoms with van der Waals surface area (Å²) in [6.07, 6.45) is 3.38. The van der Waals surface area contributed by atoms with Crippen molar-refractivity contribution in [2.75, 3.05) is 18.8 Å². The molecule has 0 aromatic rings. The summed E-state index contributed by atoms with van der Waals surface area (Å²) in [6.45, 7) is 7.95. The van der Waals surface area contributed by atoms with Crippen LogP contribution in [0.4, 0.5) is 0 Å². The molecule has 18 heavy (non-hydrogen) atoms. The van der Waals surface area contributed by atoms with Gasteiger partial charge in [-0.15, -0.1) is 0 Å². The maximum absolute atomic E-state index is 11.8. The Balaban J connectivity index is 2.40. The molecule has 0 saturated carbocycles. The monoisotopic (exact) mass is 294 g/mol. The molecule has 1 saturated heterocycles. The summed E-state index contributed by atoms with van der Waals surface area (Å²) in [5.41, 5.74) is 0. The predicted octanol–water partition coefficient (Wildman–Crippen LogP) is 1.84. The standard InChI is InChI=1S/C12H26N2O2S2/c1-4-5-10-18(15,16)13-11-6-8-14(9-7-11)12(2,3)17/h11,13,17H,4-10H2,1-3H3. The molecule has 0 amide bonds. The summed E-state index contributed by atoms with van der Waals surface area (Å²) >= 11 is 4.55. The first kappa shape index (κ1) is 16.3. The summed E-state index contributed by atoms with van der Waals surface area (Å²) in [4.78, 5) is 2.17. The van der Waals surface area contributed by atoms with Gasteiger partial charge in [-0.1, -0.05) is 13.3 Å². The lowest BCUT2D eigenvalue weighted by molar-refractivity contribution is 0.149. The van der Waals surface area contributed by atoms with Crippen LogP contribution in [0.15, 0.2) is 0 Å². The largest absolute Gasteiger partial charge is 0.289 e. The van der Waals surface area contributed by atoms with Gasteiger partial charge in [-0.3, -0.25) is 4.90 Å². The van der Waals surface area contributed by atoms with E-state index in [1.807, 2.05) is 6.92 Å². The number of rotatable bonds is 6. The zero-order valence-electron chi connectivity index (χ0n) is 11.6. The highest BCUT2D eigenvalue weighted by atomic mass is 32.2. The second-order valence-electron chi connectivity index (χ2n) is 5.55. The minimum atomic E-state index is -3.08. The van der Waals surface area contributed by atoms with Gasteiger partial charge in [0.1, 0.15) is 0 Å². The van der Waals surface area contributed by atoms with Crippen LogP contribution >= 0.6 is 12.6 Å². The highest BCUT2D eigenvalue weighted by Gasteiger charge is 2.29. The van der Waals surface area contributed by atoms with Gasteiger partial charge in [0.2, 0.25) is 10.0 Å². The molecule has 1 fully saturated rings. The number of likely N-dealkylation sites (tertiary alicyclic amines) is 1. The molecule has 6 heteroatoms. The molecule has 1 aliphatic rings. The van der Waals surface area contributed by atoms with Crippen LogP contribution in [-0.2, 0) is 10.0 Å². The van der Waals surface area contributed by atoms with Crippen LogP contribution in [0.1, 0.15) is 46.5 Å². The van der Waals surface area contributed by atoms with Crippen molar-refractivity contribution in [3.05, 3.63) is 0 Å². The Morgan fingerprint density at radius 2 is 1.89 bits per heavy atom. The molecule has 4 nitrogen and oxygen atoms in total. The van der Waals surface area contributed by atoms with Crippen LogP contribution < -0.4 is 4.72 Å². The lowest BCUT2D eigenvalue weighted by Gasteiger charge is -2.40. The van der Waals surface area contributed by atoms with Crippen molar-refractivity contribution < 1.29 is 8.42 Å². The predicted molar refractivity (Wildman–Crippen MR) is 79.5 cm³/mol. The van der Waals surface area contributed by atoms with Crippen molar-refractivity contribution in [2.24, 2.45) is 0 Å². The molecule has 108 valence electrons. The van der Waals surface area contributed by atoms with Crippen LogP contribution in [0.2, 0.25) is 0 Å². The smallest absolute Gasteiger partial charge is 0.211 e. The number of thiol groups is 1. The highest BCUT2D eigenvalue weighted by molar-refractivity contribution is 7.89. The Hall–Kier alpha value is 0.220. The number of unbranched alkanes of at least 4 members (excludes halogenated alkanes) is 1. The first-order valence-corrected chi connectivity index (χ1v) is 8.82. The van der Waals surface area contributed by atoms with Gasteiger partial charge in [0, 0.05) is 19.1 Å². The van der Waals surface area contributed by atoms with Crippen LogP contribution in [0, 0.1) is 0 Å². The van der Waals surface area contributed by atoms with E-state index in [9.17, 15) is 8.42 Å². The first-order valence-electron chi connectivity index (χ1n) is 6.72. The van der Waals surface area contributed by atoms with E-state index in [4.69, 9.17) is 0 Å². The van der Waals surface area contributed by atoms with Gasteiger partial charge >= 0.3 is 0 Å². The molecule has 0 unspecified atom stereocenters. The van der Waals surface area contributed by atoms with Gasteiger partial charge in [-0.05, 0) is 33.1 Å². The lowest BCUT2D eigenvalue weighted by Crippen LogP contribution is -2.50. The Morgan fingerprint density at radius 1 is 1.33 bits per heavy atom. The van der Waals surface area contributed by atoms with Gasteiger partial charge in [0.15, 0.2) is 0 Å². The molecular weight excluding hydrogens is 268 g/mol. The molecule has 1 rings (SSSR count). The van der Waals surface area contributed by atoms with Crippen molar-refractivity contribution >= 4 is 22.7 Å². The van der Waals surface area contributed by atoms with E-state index in [2.05, 4.69) is 36.1 Å². The third-order valence-electron chi connectivity index (χ3n) is 3.38. The summed E-state index contributed by atoms with van der Waals surface area (Å²) < 4.78 is 26.4. The minimum Gasteiger partial charge on any atom is -0.289 e. The quantitative estimate of drug-likeness (QED) is 0.735. The van der Waals surface area contributed by atoms with Crippen molar-refractivity contribution in [3.63, 3.8) is 0 Å². The fourth-order valence-electron chi connectivity index (χ4n) is 2.19. The summed E-state index contributed by atoms with van der Waals surface area (Å²) in [5, 5.41) is 0. The Bertz CT molecular complexity index is 342. The maximum Gasteiger partial charge on any atom is 0.211 e. The van der Waals surface area contributed by atoms with E-state index in [1.165, 1.54) is 0 Å². The lowest BCUT2D eigenvalue weighted by atomic mass is 10.0. The molecule has 0 bridgehead atoms. The normalized spacial score (nSPS) is 20.2. The van der Waals surface area contributed by atoms with Crippen LogP contribution in [0.25, 0.3) is 0 Å². The summed E-state index contributed by atoms with van der Waals surface area (Å²) in [5.74, 6) is 0.252. The van der Waals surface area contributed by atoms with Crippen molar-refractivity contribution in [3.8, 4) is 0 Å². The Morgan fingerprint density at radius 3 is 2.33 bits per heavy atom. The van der Waals surface area contributed by atoms with Crippen molar-refractivity contribution in [2.45, 2.75) is 57.4 Å². The molecule has 0 aromatic heterocycles. The van der Waals surface area contributed by atoms with Gasteiger partial charge in [0.25, 0.3) is 0 Å². The van der Waals surface area contributed by atoms with Gasteiger partial charge in [-0.2, -0.15) is 12.6 Å². The number of sulfonamides is 1. The number of hydrogen-bond acceptors (Lipinski definition) is 4. The Kier molecular flexibility index (Phi) is 5.96. The van der Waals surface area contributed by atoms with Crippen molar-refractivity contribution in [1.29, 1.82) is 0 Å². The van der Waals surface area contributed by atoms with E-state index in [0.29, 0.717) is 0 Å². The molecule has 1 aliphatic heterocycles. The molecular formula is C12H26N2O2S2. The number of hydrogen-bond donors (Lipinski definition) is 2. The van der Waals surface area contributed by atoms with E-state index in [0.717, 1.165) is 38.8 Å². The highest BCUT2D eigenvalue weighted by Crippen LogP contribution is 2.23. The molecule has 0 atom stereocenters. The van der Waals surface area contributed by atoms with E-state index < -0.39 is 10.0 Å². The molecule has 0 aromatic carbocycles. The second-order valence-corrected chi connectivity index (χ2v) is 8.51. The van der Waals surface area contributed by atoms with Crippen molar-refractivity contribution in [1.82, 2.24) is 9.62 Å². The van der Waals surface area contributed by atoms with Crippen LogP contribution in [-0.4, -0.2) is 43.1 Å². The number of nitrogens with one attached hydrogen (secondary N) is 1. The first-order chi connectivity index (χ1) is 8.24. The zero-order valence-corrected chi connectivity index (χ0v) is 13.4. The fraction of sp³-hybridized carbons (Fsp3) is 1.00. The molecule has 0 spiro atoms. The fourth-order valence-corrected chi connectivity index (χ4v) is 3.92. The molecule has 0 aliphatic carbocycles. The SMILES string of the molecule is CCCCS(=O)(=O)NC1CCN(C(C)(C)S)CC1.